The lowest BCUT2D eigenvalue weighted by Crippen LogP contribution is -2.52. The molecule has 0 radical (unpaired) electrons. The molecule has 4 rings (SSSR count). The van der Waals surface area contributed by atoms with Crippen LogP contribution in [0.1, 0.15) is 28.9 Å². The van der Waals surface area contributed by atoms with E-state index in [-0.39, 0.29) is 11.9 Å². The van der Waals surface area contributed by atoms with E-state index in [1.807, 2.05) is 48.5 Å². The molecule has 6 heteroatoms. The van der Waals surface area contributed by atoms with E-state index < -0.39 is 0 Å². The van der Waals surface area contributed by atoms with E-state index in [0.29, 0.717) is 11.7 Å². The highest BCUT2D eigenvalue weighted by atomic mass is 35.5. The van der Waals surface area contributed by atoms with E-state index in [1.54, 1.807) is 16.9 Å². The number of amides is 1. The van der Waals surface area contributed by atoms with Gasteiger partial charge in [-0.05, 0) is 48.7 Å². The molecule has 27 heavy (non-hydrogen) atoms. The minimum absolute atomic E-state index is 0.122. The number of nitrogens with zero attached hydrogens (tertiary/aromatic N) is 2. The molecule has 0 saturated heterocycles. The summed E-state index contributed by atoms with van der Waals surface area (Å²) in [7, 11) is 0. The molecule has 3 aromatic rings. The SMILES string of the molecule is O=C(N[C@H]1C[C@H](NCc2cccc(Cl)c2)C1)c1ccn(-c2ccccc2)n1. The number of rotatable bonds is 6. The van der Waals surface area contributed by atoms with Gasteiger partial charge in [-0.1, -0.05) is 41.9 Å². The lowest BCUT2D eigenvalue weighted by Gasteiger charge is -2.36. The second-order valence-electron chi connectivity index (χ2n) is 6.83. The molecule has 0 atom stereocenters. The number of carbonyl (C=O) groups is 1. The van der Waals surface area contributed by atoms with Crippen LogP contribution in [0.4, 0.5) is 0 Å². The first kappa shape index (κ1) is 17.8. The quantitative estimate of drug-likeness (QED) is 0.687. The average Bonchev–Trinajstić information content (AvgIpc) is 3.14. The molecule has 138 valence electrons. The van der Waals surface area contributed by atoms with Crippen molar-refractivity contribution < 1.29 is 4.79 Å². The number of hydrogen-bond donors (Lipinski definition) is 2. The molecule has 1 aliphatic rings. The van der Waals surface area contributed by atoms with Crippen molar-refractivity contribution in [3.63, 3.8) is 0 Å². The zero-order chi connectivity index (χ0) is 18.6. The summed E-state index contributed by atoms with van der Waals surface area (Å²) in [5.74, 6) is -0.122. The fourth-order valence-corrected chi connectivity index (χ4v) is 3.45. The molecule has 0 aliphatic heterocycles. The van der Waals surface area contributed by atoms with Crippen LogP contribution in [0.25, 0.3) is 5.69 Å². The van der Waals surface area contributed by atoms with Gasteiger partial charge in [0.15, 0.2) is 5.69 Å². The molecule has 1 heterocycles. The molecule has 5 nitrogen and oxygen atoms in total. The average molecular weight is 381 g/mol. The Morgan fingerprint density at radius 2 is 1.89 bits per heavy atom. The Morgan fingerprint density at radius 3 is 2.67 bits per heavy atom. The van der Waals surface area contributed by atoms with Gasteiger partial charge in [0.25, 0.3) is 5.91 Å². The maximum Gasteiger partial charge on any atom is 0.272 e. The number of carbonyl (C=O) groups excluding carboxylic acids is 1. The summed E-state index contributed by atoms with van der Waals surface area (Å²) in [5, 5.41) is 11.7. The molecule has 1 aliphatic carbocycles. The Balaban J connectivity index is 1.24. The summed E-state index contributed by atoms with van der Waals surface area (Å²) < 4.78 is 1.71. The minimum atomic E-state index is -0.122. The van der Waals surface area contributed by atoms with Gasteiger partial charge in [-0.2, -0.15) is 5.10 Å². The Morgan fingerprint density at radius 1 is 1.07 bits per heavy atom. The first-order chi connectivity index (χ1) is 13.2. The lowest BCUT2D eigenvalue weighted by molar-refractivity contribution is 0.0896. The van der Waals surface area contributed by atoms with Crippen LogP contribution in [0.15, 0.2) is 66.9 Å². The highest BCUT2D eigenvalue weighted by Crippen LogP contribution is 2.21. The largest absolute Gasteiger partial charge is 0.348 e. The molecule has 1 amide bonds. The van der Waals surface area contributed by atoms with Gasteiger partial charge in [-0.25, -0.2) is 4.68 Å². The molecule has 0 bridgehead atoms. The van der Waals surface area contributed by atoms with Gasteiger partial charge in [-0.15, -0.1) is 0 Å². The monoisotopic (exact) mass is 380 g/mol. The fourth-order valence-electron chi connectivity index (χ4n) is 3.24. The van der Waals surface area contributed by atoms with Gasteiger partial charge < -0.3 is 10.6 Å². The second kappa shape index (κ2) is 7.94. The predicted octanol–water partition coefficient (Wildman–Crippen LogP) is 3.58. The van der Waals surface area contributed by atoms with Crippen LogP contribution in [-0.2, 0) is 6.54 Å². The van der Waals surface area contributed by atoms with Crippen molar-refractivity contribution in [1.29, 1.82) is 0 Å². The minimum Gasteiger partial charge on any atom is -0.348 e. The molecule has 1 aromatic heterocycles. The molecular weight excluding hydrogens is 360 g/mol. The Hall–Kier alpha value is -2.63. The summed E-state index contributed by atoms with van der Waals surface area (Å²) in [6.45, 7) is 0.785. The van der Waals surface area contributed by atoms with E-state index in [9.17, 15) is 4.79 Å². The molecular formula is C21H21ClN4O. The van der Waals surface area contributed by atoms with Crippen molar-refractivity contribution >= 4 is 17.5 Å². The molecule has 1 saturated carbocycles. The summed E-state index contributed by atoms with van der Waals surface area (Å²) in [6, 6.07) is 20.0. The standard InChI is InChI=1S/C21H21ClN4O/c22-16-6-4-5-15(11-16)14-23-17-12-18(13-17)24-21(27)20-9-10-26(25-20)19-7-2-1-3-8-19/h1-11,17-18,23H,12-14H2,(H,24,27)/t17-,18-. The summed E-state index contributed by atoms with van der Waals surface area (Å²) in [5.41, 5.74) is 2.54. The van der Waals surface area contributed by atoms with Gasteiger partial charge >= 0.3 is 0 Å². The van der Waals surface area contributed by atoms with E-state index >= 15 is 0 Å². The number of hydrogen-bond acceptors (Lipinski definition) is 3. The molecule has 1 fully saturated rings. The van der Waals surface area contributed by atoms with Crippen LogP contribution >= 0.6 is 11.6 Å². The Bertz CT molecular complexity index is 919. The van der Waals surface area contributed by atoms with Crippen molar-refractivity contribution in [2.24, 2.45) is 0 Å². The van der Waals surface area contributed by atoms with Crippen LogP contribution in [0.3, 0.4) is 0 Å². The number of halogens is 1. The van der Waals surface area contributed by atoms with E-state index in [0.717, 1.165) is 30.1 Å². The van der Waals surface area contributed by atoms with Crippen LogP contribution < -0.4 is 10.6 Å². The van der Waals surface area contributed by atoms with Crippen molar-refractivity contribution in [1.82, 2.24) is 20.4 Å². The van der Waals surface area contributed by atoms with Crippen molar-refractivity contribution in [3.8, 4) is 5.69 Å². The summed E-state index contributed by atoms with van der Waals surface area (Å²) in [4.78, 5) is 12.4. The van der Waals surface area contributed by atoms with Crippen LogP contribution in [0.5, 0.6) is 0 Å². The van der Waals surface area contributed by atoms with Crippen molar-refractivity contribution in [2.45, 2.75) is 31.5 Å². The van der Waals surface area contributed by atoms with E-state index in [1.165, 1.54) is 5.56 Å². The number of para-hydroxylation sites is 1. The maximum atomic E-state index is 12.4. The normalized spacial score (nSPS) is 18.7. The van der Waals surface area contributed by atoms with Gasteiger partial charge in [0.05, 0.1) is 5.69 Å². The number of benzene rings is 2. The molecule has 0 spiro atoms. The third-order valence-electron chi connectivity index (χ3n) is 4.80. The lowest BCUT2D eigenvalue weighted by atomic mass is 9.86. The number of aromatic nitrogens is 2. The van der Waals surface area contributed by atoms with Gasteiger partial charge in [-0.3, -0.25) is 4.79 Å². The summed E-state index contributed by atoms with van der Waals surface area (Å²) >= 11 is 6.00. The Kier molecular flexibility index (Phi) is 5.23. The second-order valence-corrected chi connectivity index (χ2v) is 7.27. The zero-order valence-electron chi connectivity index (χ0n) is 14.8. The smallest absolute Gasteiger partial charge is 0.272 e. The van der Waals surface area contributed by atoms with Crippen LogP contribution in [0, 0.1) is 0 Å². The molecule has 2 aromatic carbocycles. The first-order valence-electron chi connectivity index (χ1n) is 9.07. The van der Waals surface area contributed by atoms with Gasteiger partial charge in [0.1, 0.15) is 0 Å². The summed E-state index contributed by atoms with van der Waals surface area (Å²) in [6.07, 6.45) is 3.65. The van der Waals surface area contributed by atoms with E-state index in [2.05, 4.69) is 21.8 Å². The van der Waals surface area contributed by atoms with Gasteiger partial charge in [0, 0.05) is 29.8 Å². The Labute approximate surface area is 163 Å². The van der Waals surface area contributed by atoms with Gasteiger partial charge in [0.2, 0.25) is 0 Å². The van der Waals surface area contributed by atoms with Crippen molar-refractivity contribution in [3.05, 3.63) is 83.1 Å². The number of nitrogens with one attached hydrogen (secondary N) is 2. The fraction of sp³-hybridized carbons (Fsp3) is 0.238. The maximum absolute atomic E-state index is 12.4. The highest BCUT2D eigenvalue weighted by Gasteiger charge is 2.30. The first-order valence-corrected chi connectivity index (χ1v) is 9.45. The van der Waals surface area contributed by atoms with Crippen LogP contribution in [-0.4, -0.2) is 27.8 Å². The zero-order valence-corrected chi connectivity index (χ0v) is 15.6. The van der Waals surface area contributed by atoms with E-state index in [4.69, 9.17) is 11.6 Å². The molecule has 2 N–H and O–H groups in total. The third kappa shape index (κ3) is 4.38. The third-order valence-corrected chi connectivity index (χ3v) is 5.03. The topological polar surface area (TPSA) is 59.0 Å². The molecule has 0 unspecified atom stereocenters. The van der Waals surface area contributed by atoms with Crippen LogP contribution in [0.2, 0.25) is 5.02 Å². The predicted molar refractivity (Wildman–Crippen MR) is 106 cm³/mol. The van der Waals surface area contributed by atoms with Crippen molar-refractivity contribution in [2.75, 3.05) is 0 Å². The highest BCUT2D eigenvalue weighted by molar-refractivity contribution is 6.30.